The minimum absolute atomic E-state index is 0.0868. The van der Waals surface area contributed by atoms with E-state index in [1.54, 1.807) is 18.7 Å². The first-order valence-corrected chi connectivity index (χ1v) is 7.25. The van der Waals surface area contributed by atoms with Gasteiger partial charge in [0, 0.05) is 0 Å². The van der Waals surface area contributed by atoms with E-state index in [-0.39, 0.29) is 6.04 Å². The van der Waals surface area contributed by atoms with Crippen molar-refractivity contribution in [1.82, 2.24) is 9.97 Å². The molecule has 6 heteroatoms. The van der Waals surface area contributed by atoms with Gasteiger partial charge >= 0.3 is 0 Å². The fraction of sp³-hybridized carbons (Fsp3) is 0.375. The third-order valence-electron chi connectivity index (χ3n) is 3.85. The van der Waals surface area contributed by atoms with Crippen LogP contribution in [0, 0.1) is 0 Å². The molecule has 1 aliphatic heterocycles. The maximum Gasteiger partial charge on any atom is 0.208 e. The second-order valence-electron chi connectivity index (χ2n) is 6.00. The van der Waals surface area contributed by atoms with Gasteiger partial charge in [-0.3, -0.25) is 0 Å². The lowest BCUT2D eigenvalue weighted by Gasteiger charge is -2.29. The molecule has 2 unspecified atom stereocenters. The van der Waals surface area contributed by atoms with Crippen LogP contribution in [0.3, 0.4) is 0 Å². The first-order chi connectivity index (χ1) is 10.4. The highest BCUT2D eigenvalue weighted by molar-refractivity contribution is 5.68. The van der Waals surface area contributed by atoms with E-state index in [4.69, 9.17) is 0 Å². The molecule has 0 bridgehead atoms. The molecular weight excluding hydrogens is 280 g/mol. The van der Waals surface area contributed by atoms with Gasteiger partial charge in [-0.1, -0.05) is 30.3 Å². The van der Waals surface area contributed by atoms with Crippen molar-refractivity contribution in [2.45, 2.75) is 38.8 Å². The zero-order valence-electron chi connectivity index (χ0n) is 12.9. The molecule has 6 nitrogen and oxygen atoms in total. The van der Waals surface area contributed by atoms with Gasteiger partial charge in [-0.2, -0.15) is 0 Å². The number of fused-ring (bicyclic) bond motifs is 1. The lowest BCUT2D eigenvalue weighted by Crippen LogP contribution is -2.37. The first kappa shape index (κ1) is 14.7. The number of aliphatic hydroxyl groups excluding tert-OH is 1. The minimum Gasteiger partial charge on any atom is -0.384 e. The van der Waals surface area contributed by atoms with E-state index in [1.807, 2.05) is 37.3 Å². The molecule has 0 spiro atoms. The van der Waals surface area contributed by atoms with E-state index in [0.717, 1.165) is 5.56 Å². The van der Waals surface area contributed by atoms with Gasteiger partial charge in [0.05, 0.1) is 17.9 Å². The Kier molecular flexibility index (Phi) is 3.50. The summed E-state index contributed by atoms with van der Waals surface area (Å²) >= 11 is 0. The normalized spacial score (nSPS) is 18.8. The predicted octanol–water partition coefficient (Wildman–Crippen LogP) is 1.97. The molecule has 116 valence electrons. The summed E-state index contributed by atoms with van der Waals surface area (Å²) in [6, 6.07) is 9.79. The van der Waals surface area contributed by atoms with E-state index >= 15 is 0 Å². The predicted molar refractivity (Wildman–Crippen MR) is 84.2 cm³/mol. The molecule has 2 heterocycles. The van der Waals surface area contributed by atoms with E-state index in [2.05, 4.69) is 15.3 Å². The number of aromatic nitrogens is 2. The van der Waals surface area contributed by atoms with Crippen molar-refractivity contribution in [2.24, 2.45) is 0 Å². The Morgan fingerprint density at radius 3 is 2.59 bits per heavy atom. The largest absolute Gasteiger partial charge is 0.384 e. The Balaban J connectivity index is 2.01. The summed E-state index contributed by atoms with van der Waals surface area (Å²) in [7, 11) is 0. The van der Waals surface area contributed by atoms with Crippen LogP contribution in [0.2, 0.25) is 0 Å². The van der Waals surface area contributed by atoms with E-state index in [1.165, 1.54) is 6.20 Å². The number of nitrogens with one attached hydrogen (secondary N) is 1. The Morgan fingerprint density at radius 2 is 1.95 bits per heavy atom. The number of aliphatic hydroxyl groups is 2. The molecule has 1 aromatic heterocycles. The van der Waals surface area contributed by atoms with Crippen LogP contribution in [-0.2, 0) is 5.60 Å². The van der Waals surface area contributed by atoms with Crippen molar-refractivity contribution >= 4 is 11.6 Å². The molecule has 1 aromatic carbocycles. The minimum atomic E-state index is -1.09. The SMILES string of the molecule is CC(c1ccccc1)N1c2nc(C(C)(C)O)cnc2NC1O. The third kappa shape index (κ3) is 2.51. The number of benzene rings is 1. The van der Waals surface area contributed by atoms with Crippen molar-refractivity contribution in [3.05, 3.63) is 47.8 Å². The van der Waals surface area contributed by atoms with Gasteiger partial charge in [-0.15, -0.1) is 0 Å². The molecule has 0 aliphatic carbocycles. The fourth-order valence-electron chi connectivity index (χ4n) is 2.55. The van der Waals surface area contributed by atoms with Crippen LogP contribution in [0.4, 0.5) is 11.6 Å². The van der Waals surface area contributed by atoms with Crippen LogP contribution in [0.1, 0.15) is 38.1 Å². The van der Waals surface area contributed by atoms with Crippen LogP contribution < -0.4 is 10.2 Å². The molecule has 0 saturated heterocycles. The Labute approximate surface area is 129 Å². The summed E-state index contributed by atoms with van der Waals surface area (Å²) < 4.78 is 0. The number of anilines is 2. The van der Waals surface area contributed by atoms with Crippen molar-refractivity contribution < 1.29 is 10.2 Å². The van der Waals surface area contributed by atoms with Gasteiger partial charge in [0.2, 0.25) is 6.35 Å². The molecule has 1 aliphatic rings. The monoisotopic (exact) mass is 300 g/mol. The third-order valence-corrected chi connectivity index (χ3v) is 3.85. The Morgan fingerprint density at radius 1 is 1.27 bits per heavy atom. The molecule has 0 fully saturated rings. The second kappa shape index (κ2) is 5.23. The average molecular weight is 300 g/mol. The van der Waals surface area contributed by atoms with Crippen molar-refractivity contribution in [3.8, 4) is 0 Å². The highest BCUT2D eigenvalue weighted by Gasteiger charge is 2.35. The van der Waals surface area contributed by atoms with Gasteiger partial charge < -0.3 is 20.4 Å². The zero-order valence-corrected chi connectivity index (χ0v) is 12.9. The number of nitrogens with zero attached hydrogens (tertiary/aromatic N) is 3. The highest BCUT2D eigenvalue weighted by atomic mass is 16.3. The molecule has 0 amide bonds. The quantitative estimate of drug-likeness (QED) is 0.804. The summed E-state index contributed by atoms with van der Waals surface area (Å²) in [5.41, 5.74) is 0.441. The molecule has 3 N–H and O–H groups in total. The molecular formula is C16H20N4O2. The lowest BCUT2D eigenvalue weighted by molar-refractivity contribution is 0.0735. The van der Waals surface area contributed by atoms with Crippen LogP contribution in [0.25, 0.3) is 0 Å². The van der Waals surface area contributed by atoms with Crippen LogP contribution in [0.5, 0.6) is 0 Å². The molecule has 0 saturated carbocycles. The molecule has 3 rings (SSSR count). The van der Waals surface area contributed by atoms with E-state index in [0.29, 0.717) is 17.3 Å². The summed E-state index contributed by atoms with van der Waals surface area (Å²) in [5, 5.41) is 23.3. The van der Waals surface area contributed by atoms with Crippen LogP contribution in [0.15, 0.2) is 36.5 Å². The van der Waals surface area contributed by atoms with Crippen molar-refractivity contribution in [1.29, 1.82) is 0 Å². The van der Waals surface area contributed by atoms with Crippen LogP contribution in [-0.4, -0.2) is 26.5 Å². The molecule has 0 radical (unpaired) electrons. The fourth-order valence-corrected chi connectivity index (χ4v) is 2.55. The molecule has 2 atom stereocenters. The Hall–Kier alpha value is -2.18. The average Bonchev–Trinajstić information content (AvgIpc) is 2.81. The van der Waals surface area contributed by atoms with Gasteiger partial charge in [-0.25, -0.2) is 9.97 Å². The maximum absolute atomic E-state index is 10.3. The maximum atomic E-state index is 10.3. The topological polar surface area (TPSA) is 81.5 Å². The summed E-state index contributed by atoms with van der Waals surface area (Å²) in [6.07, 6.45) is 0.622. The summed E-state index contributed by atoms with van der Waals surface area (Å²) in [6.45, 7) is 5.31. The van der Waals surface area contributed by atoms with Gasteiger partial charge in [0.1, 0.15) is 5.60 Å². The van der Waals surface area contributed by atoms with Gasteiger partial charge in [-0.05, 0) is 26.3 Å². The summed E-state index contributed by atoms with van der Waals surface area (Å²) in [4.78, 5) is 10.5. The summed E-state index contributed by atoms with van der Waals surface area (Å²) in [5.74, 6) is 1.06. The lowest BCUT2D eigenvalue weighted by atomic mass is 10.1. The van der Waals surface area contributed by atoms with Gasteiger partial charge in [0.25, 0.3) is 0 Å². The number of hydrogen-bond donors (Lipinski definition) is 3. The molecule has 22 heavy (non-hydrogen) atoms. The zero-order chi connectivity index (χ0) is 15.9. The number of rotatable bonds is 3. The first-order valence-electron chi connectivity index (χ1n) is 7.25. The van der Waals surface area contributed by atoms with E-state index in [9.17, 15) is 10.2 Å². The second-order valence-corrected chi connectivity index (χ2v) is 6.00. The standard InChI is InChI=1S/C16H20N4O2/c1-10(11-7-5-4-6-8-11)20-14-13(19-15(20)21)17-9-12(18-14)16(2,3)22/h4-10,15,21-22H,1-3H3,(H,17,19). The van der Waals surface area contributed by atoms with Gasteiger partial charge in [0.15, 0.2) is 11.6 Å². The van der Waals surface area contributed by atoms with Crippen LogP contribution >= 0.6 is 0 Å². The molecule has 2 aromatic rings. The van der Waals surface area contributed by atoms with Crippen molar-refractivity contribution in [3.63, 3.8) is 0 Å². The van der Waals surface area contributed by atoms with Crippen molar-refractivity contribution in [2.75, 3.05) is 10.2 Å². The number of hydrogen-bond acceptors (Lipinski definition) is 6. The smallest absolute Gasteiger partial charge is 0.208 e. The Bertz CT molecular complexity index is 670. The highest BCUT2D eigenvalue weighted by Crippen LogP contribution is 2.37. The van der Waals surface area contributed by atoms with E-state index < -0.39 is 12.0 Å².